The Morgan fingerprint density at radius 1 is 1.10 bits per heavy atom. The van der Waals surface area contributed by atoms with Crippen LogP contribution in [0.15, 0.2) is 18.5 Å². The third kappa shape index (κ3) is 5.34. The average Bonchev–Trinajstić information content (AvgIpc) is 3.39. The number of carboxylic acids is 1. The van der Waals surface area contributed by atoms with Crippen LogP contribution >= 0.6 is 0 Å². The van der Waals surface area contributed by atoms with Crippen molar-refractivity contribution in [1.29, 1.82) is 0 Å². The summed E-state index contributed by atoms with van der Waals surface area (Å²) in [7, 11) is 0. The summed E-state index contributed by atoms with van der Waals surface area (Å²) in [6, 6.07) is 1.83. The van der Waals surface area contributed by atoms with Crippen LogP contribution < -0.4 is 4.90 Å². The molecular weight excluding hydrogens is 391 g/mol. The lowest BCUT2D eigenvalue weighted by Gasteiger charge is -2.24. The Bertz CT molecular complexity index is 712. The van der Waals surface area contributed by atoms with Gasteiger partial charge in [-0.15, -0.1) is 0 Å². The van der Waals surface area contributed by atoms with Crippen molar-refractivity contribution in [3.05, 3.63) is 18.5 Å². The molecule has 0 radical (unpaired) electrons. The molecule has 8 nitrogen and oxygen atoms in total. The molecule has 0 unspecified atom stereocenters. The van der Waals surface area contributed by atoms with Gasteiger partial charge in [0.25, 0.3) is 0 Å². The lowest BCUT2D eigenvalue weighted by Crippen LogP contribution is -2.38. The number of amides is 1. The van der Waals surface area contributed by atoms with E-state index in [9.17, 15) is 18.0 Å². The first-order valence-corrected chi connectivity index (χ1v) is 9.59. The zero-order chi connectivity index (χ0) is 21.0. The average molecular weight is 415 g/mol. The van der Waals surface area contributed by atoms with Gasteiger partial charge in [-0.1, -0.05) is 0 Å². The van der Waals surface area contributed by atoms with Gasteiger partial charge in [0.1, 0.15) is 0 Å². The topological polar surface area (TPSA) is 89.9 Å². The largest absolute Gasteiger partial charge is 0.490 e. The molecule has 0 aliphatic carbocycles. The van der Waals surface area contributed by atoms with E-state index in [4.69, 9.17) is 9.90 Å². The number of carbonyl (C=O) groups excluding carboxylic acids is 1. The number of hydrogen-bond acceptors (Lipinski definition) is 6. The number of carboxylic acid groups (broad SMARTS) is 1. The smallest absolute Gasteiger partial charge is 0.475 e. The van der Waals surface area contributed by atoms with Crippen LogP contribution in [0.2, 0.25) is 0 Å². The standard InChI is InChI=1S/C16H23N5O.C2HF3O2/c22-15-14-12-21(16-17-4-3-5-18-16)11-13(14)10-20(15)9-8-19-6-1-2-7-19;3-2(4,5)1(6)7/h3-5,13-14H,1-2,6-12H2;(H,6,7)/t13-,14+;/m1./s1. The van der Waals surface area contributed by atoms with Gasteiger partial charge >= 0.3 is 12.1 Å². The number of halogens is 3. The Kier molecular flexibility index (Phi) is 6.56. The SMILES string of the molecule is O=C(O)C(F)(F)F.O=C1[C@H]2CN(c3ncccn3)C[C@H]2CN1CCN1CCCC1. The molecule has 0 aromatic carbocycles. The number of carbonyl (C=O) groups is 2. The van der Waals surface area contributed by atoms with Crippen molar-refractivity contribution < 1.29 is 27.9 Å². The second-order valence-electron chi connectivity index (χ2n) is 7.46. The molecule has 3 aliphatic rings. The lowest BCUT2D eigenvalue weighted by molar-refractivity contribution is -0.192. The fourth-order valence-corrected chi connectivity index (χ4v) is 4.03. The fourth-order valence-electron chi connectivity index (χ4n) is 4.03. The summed E-state index contributed by atoms with van der Waals surface area (Å²) in [5.74, 6) is -1.08. The van der Waals surface area contributed by atoms with Crippen molar-refractivity contribution in [1.82, 2.24) is 19.8 Å². The Morgan fingerprint density at radius 3 is 2.28 bits per heavy atom. The molecular formula is C18H24F3N5O3. The predicted molar refractivity (Wildman–Crippen MR) is 97.2 cm³/mol. The highest BCUT2D eigenvalue weighted by Crippen LogP contribution is 2.33. The maximum absolute atomic E-state index is 12.6. The summed E-state index contributed by atoms with van der Waals surface area (Å²) >= 11 is 0. The number of nitrogens with zero attached hydrogens (tertiary/aromatic N) is 5. The zero-order valence-electron chi connectivity index (χ0n) is 15.9. The van der Waals surface area contributed by atoms with Gasteiger partial charge in [-0.05, 0) is 32.0 Å². The molecule has 4 rings (SSSR count). The van der Waals surface area contributed by atoms with Crippen molar-refractivity contribution in [2.45, 2.75) is 19.0 Å². The first-order valence-electron chi connectivity index (χ1n) is 9.59. The minimum Gasteiger partial charge on any atom is -0.475 e. The minimum absolute atomic E-state index is 0.141. The molecule has 0 bridgehead atoms. The molecule has 3 fully saturated rings. The number of aromatic nitrogens is 2. The van der Waals surface area contributed by atoms with Gasteiger partial charge < -0.3 is 19.8 Å². The highest BCUT2D eigenvalue weighted by Gasteiger charge is 2.46. The molecule has 1 aromatic rings. The highest BCUT2D eigenvalue weighted by molar-refractivity contribution is 5.83. The van der Waals surface area contributed by atoms with E-state index < -0.39 is 12.1 Å². The molecule has 3 saturated heterocycles. The summed E-state index contributed by atoms with van der Waals surface area (Å²) < 4.78 is 31.7. The quantitative estimate of drug-likeness (QED) is 0.788. The molecule has 3 aliphatic heterocycles. The number of rotatable bonds is 4. The van der Waals surface area contributed by atoms with Crippen LogP contribution in [-0.4, -0.2) is 88.7 Å². The van der Waals surface area contributed by atoms with Crippen LogP contribution in [0.4, 0.5) is 19.1 Å². The number of likely N-dealkylation sites (tertiary alicyclic amines) is 2. The molecule has 0 spiro atoms. The van der Waals surface area contributed by atoms with Gasteiger partial charge in [-0.3, -0.25) is 4.79 Å². The van der Waals surface area contributed by atoms with E-state index in [1.807, 2.05) is 6.07 Å². The number of fused-ring (bicyclic) bond motifs is 1. The van der Waals surface area contributed by atoms with Crippen molar-refractivity contribution in [2.24, 2.45) is 11.8 Å². The van der Waals surface area contributed by atoms with E-state index in [-0.39, 0.29) is 5.92 Å². The zero-order valence-corrected chi connectivity index (χ0v) is 15.9. The van der Waals surface area contributed by atoms with Crippen molar-refractivity contribution in [3.8, 4) is 0 Å². The van der Waals surface area contributed by atoms with Crippen LogP contribution in [0, 0.1) is 11.8 Å². The molecule has 160 valence electrons. The van der Waals surface area contributed by atoms with Crippen molar-refractivity contribution in [3.63, 3.8) is 0 Å². The summed E-state index contributed by atoms with van der Waals surface area (Å²) in [5, 5.41) is 7.12. The summed E-state index contributed by atoms with van der Waals surface area (Å²) in [6.07, 6.45) is 1.07. The summed E-state index contributed by atoms with van der Waals surface area (Å²) in [5.41, 5.74) is 0. The Hall–Kier alpha value is -2.43. The van der Waals surface area contributed by atoms with Crippen LogP contribution in [0.1, 0.15) is 12.8 Å². The van der Waals surface area contributed by atoms with Crippen LogP contribution in [-0.2, 0) is 9.59 Å². The third-order valence-corrected chi connectivity index (χ3v) is 5.49. The Morgan fingerprint density at radius 2 is 1.72 bits per heavy atom. The lowest BCUT2D eigenvalue weighted by atomic mass is 10.0. The number of alkyl halides is 3. The van der Waals surface area contributed by atoms with Gasteiger partial charge in [0.05, 0.1) is 5.92 Å². The Labute approximate surface area is 166 Å². The van der Waals surface area contributed by atoms with Crippen molar-refractivity contribution in [2.75, 3.05) is 50.7 Å². The van der Waals surface area contributed by atoms with Gasteiger partial charge in [0.15, 0.2) is 0 Å². The predicted octanol–water partition coefficient (Wildman–Crippen LogP) is 1.10. The third-order valence-electron chi connectivity index (χ3n) is 5.49. The van der Waals surface area contributed by atoms with Crippen LogP contribution in [0.25, 0.3) is 0 Å². The molecule has 2 atom stereocenters. The molecule has 1 N–H and O–H groups in total. The second-order valence-corrected chi connectivity index (χ2v) is 7.46. The maximum atomic E-state index is 12.6. The molecule has 4 heterocycles. The number of hydrogen-bond donors (Lipinski definition) is 1. The van der Waals surface area contributed by atoms with Gasteiger partial charge in [-0.2, -0.15) is 13.2 Å². The van der Waals surface area contributed by atoms with E-state index in [2.05, 4.69) is 24.7 Å². The van der Waals surface area contributed by atoms with E-state index in [0.29, 0.717) is 11.8 Å². The second kappa shape index (κ2) is 8.93. The maximum Gasteiger partial charge on any atom is 0.490 e. The van der Waals surface area contributed by atoms with Gasteiger partial charge in [0.2, 0.25) is 11.9 Å². The van der Waals surface area contributed by atoms with E-state index in [1.165, 1.54) is 25.9 Å². The molecule has 1 aromatic heterocycles. The normalized spacial score (nSPS) is 24.4. The van der Waals surface area contributed by atoms with E-state index in [0.717, 1.165) is 38.7 Å². The van der Waals surface area contributed by atoms with Crippen molar-refractivity contribution >= 4 is 17.8 Å². The first-order chi connectivity index (χ1) is 13.8. The number of aliphatic carboxylic acids is 1. The van der Waals surface area contributed by atoms with Crippen LogP contribution in [0.3, 0.4) is 0 Å². The van der Waals surface area contributed by atoms with E-state index >= 15 is 0 Å². The van der Waals surface area contributed by atoms with Crippen LogP contribution in [0.5, 0.6) is 0 Å². The highest BCUT2D eigenvalue weighted by atomic mass is 19.4. The molecule has 11 heteroatoms. The van der Waals surface area contributed by atoms with Gasteiger partial charge in [-0.25, -0.2) is 14.8 Å². The van der Waals surface area contributed by atoms with E-state index in [1.54, 1.807) is 12.4 Å². The minimum atomic E-state index is -5.08. The number of anilines is 1. The summed E-state index contributed by atoms with van der Waals surface area (Å²) in [4.78, 5) is 36.8. The Balaban J connectivity index is 0.000000298. The molecule has 1 amide bonds. The van der Waals surface area contributed by atoms with Gasteiger partial charge in [0, 0.05) is 51.0 Å². The fraction of sp³-hybridized carbons (Fsp3) is 0.667. The molecule has 29 heavy (non-hydrogen) atoms. The molecule has 0 saturated carbocycles. The summed E-state index contributed by atoms with van der Waals surface area (Å²) in [6.45, 7) is 6.92. The first kappa shape index (κ1) is 21.3. The monoisotopic (exact) mass is 415 g/mol.